The molecule has 1 atom stereocenters. The molecular formula is C17H16N2OS2. The maximum Gasteiger partial charge on any atom is 0.128 e. The molecule has 5 heteroatoms. The van der Waals surface area contributed by atoms with E-state index >= 15 is 0 Å². The van der Waals surface area contributed by atoms with Crippen LogP contribution >= 0.6 is 23.1 Å². The first-order valence-electron chi connectivity index (χ1n) is 7.44. The van der Waals surface area contributed by atoms with E-state index in [9.17, 15) is 0 Å². The molecule has 0 saturated carbocycles. The minimum Gasteiger partial charge on any atom is -0.377 e. The third kappa shape index (κ3) is 2.76. The normalized spacial score (nSPS) is 18.1. The Balaban J connectivity index is 1.70. The lowest BCUT2D eigenvalue weighted by atomic mass is 10.1. The Bertz CT molecular complexity index is 767. The Morgan fingerprint density at radius 3 is 2.95 bits per heavy atom. The van der Waals surface area contributed by atoms with Gasteiger partial charge in [-0.15, -0.1) is 23.1 Å². The molecule has 1 aromatic carbocycles. The van der Waals surface area contributed by atoms with E-state index in [0.29, 0.717) is 6.10 Å². The Labute approximate surface area is 137 Å². The van der Waals surface area contributed by atoms with Gasteiger partial charge in [0.2, 0.25) is 0 Å². The summed E-state index contributed by atoms with van der Waals surface area (Å²) in [4.78, 5) is 10.0. The Morgan fingerprint density at radius 1 is 1.23 bits per heavy atom. The van der Waals surface area contributed by atoms with Crippen LogP contribution in [0.25, 0.3) is 21.3 Å². The summed E-state index contributed by atoms with van der Waals surface area (Å²) >= 11 is 3.48. The fourth-order valence-electron chi connectivity index (χ4n) is 2.73. The maximum atomic E-state index is 5.72. The Morgan fingerprint density at radius 2 is 2.14 bits per heavy atom. The van der Waals surface area contributed by atoms with Crippen molar-refractivity contribution in [3.05, 3.63) is 42.0 Å². The van der Waals surface area contributed by atoms with Crippen LogP contribution in [-0.4, -0.2) is 28.4 Å². The van der Waals surface area contributed by atoms with Gasteiger partial charge in [0, 0.05) is 23.3 Å². The van der Waals surface area contributed by atoms with E-state index < -0.39 is 0 Å². The minimum absolute atomic E-state index is 0.369. The lowest BCUT2D eigenvalue weighted by Gasteiger charge is -2.09. The summed E-state index contributed by atoms with van der Waals surface area (Å²) in [5.74, 6) is 0.968. The fraction of sp³-hybridized carbons (Fsp3) is 0.294. The van der Waals surface area contributed by atoms with Gasteiger partial charge in [-0.25, -0.2) is 9.97 Å². The van der Waals surface area contributed by atoms with Gasteiger partial charge in [0.1, 0.15) is 16.2 Å². The molecule has 1 aliphatic rings. The van der Waals surface area contributed by atoms with Crippen LogP contribution in [0.2, 0.25) is 0 Å². The average molecular weight is 328 g/mol. The molecule has 22 heavy (non-hydrogen) atoms. The van der Waals surface area contributed by atoms with Gasteiger partial charge in [-0.1, -0.05) is 30.3 Å². The topological polar surface area (TPSA) is 35.0 Å². The molecule has 3 heterocycles. The summed E-state index contributed by atoms with van der Waals surface area (Å²) in [5.41, 5.74) is 2.46. The maximum absolute atomic E-state index is 5.72. The molecule has 1 fully saturated rings. The quantitative estimate of drug-likeness (QED) is 0.517. The Hall–Kier alpha value is -1.43. The van der Waals surface area contributed by atoms with Crippen molar-refractivity contribution < 1.29 is 4.74 Å². The number of thiophene rings is 1. The zero-order chi connectivity index (χ0) is 14.8. The van der Waals surface area contributed by atoms with Crippen LogP contribution in [-0.2, 0) is 4.74 Å². The van der Waals surface area contributed by atoms with Crippen molar-refractivity contribution in [1.82, 2.24) is 9.97 Å². The van der Waals surface area contributed by atoms with Crippen LogP contribution in [0.1, 0.15) is 12.8 Å². The first-order valence-corrected chi connectivity index (χ1v) is 9.30. The molecule has 0 spiro atoms. The smallest absolute Gasteiger partial charge is 0.128 e. The highest BCUT2D eigenvalue weighted by Crippen LogP contribution is 2.38. The van der Waals surface area contributed by atoms with Crippen molar-refractivity contribution in [2.24, 2.45) is 0 Å². The zero-order valence-electron chi connectivity index (χ0n) is 12.1. The highest BCUT2D eigenvalue weighted by atomic mass is 32.2. The van der Waals surface area contributed by atoms with Gasteiger partial charge >= 0.3 is 0 Å². The zero-order valence-corrected chi connectivity index (χ0v) is 13.7. The van der Waals surface area contributed by atoms with Crippen LogP contribution in [0, 0.1) is 0 Å². The van der Waals surface area contributed by atoms with Gasteiger partial charge in [0.25, 0.3) is 0 Å². The number of ether oxygens (including phenoxy) is 1. The Kier molecular flexibility index (Phi) is 4.10. The molecule has 1 saturated heterocycles. The molecule has 0 aliphatic carbocycles. The number of rotatable bonds is 4. The standard InChI is InChI=1S/C17H16N2OS2/c1-2-5-12(6-3-1)14-10-22-17-15(14)16(18-11-19-17)21-9-13-7-4-8-20-13/h1-3,5-6,10-11,13H,4,7-9H2/t13-/m0/s1. The highest BCUT2D eigenvalue weighted by Gasteiger charge is 2.18. The summed E-state index contributed by atoms with van der Waals surface area (Å²) < 4.78 is 5.72. The highest BCUT2D eigenvalue weighted by molar-refractivity contribution is 7.99. The number of aromatic nitrogens is 2. The van der Waals surface area contributed by atoms with E-state index in [0.717, 1.165) is 28.6 Å². The van der Waals surface area contributed by atoms with Crippen molar-refractivity contribution in [2.45, 2.75) is 24.0 Å². The van der Waals surface area contributed by atoms with Crippen LogP contribution in [0.3, 0.4) is 0 Å². The number of nitrogens with zero attached hydrogens (tertiary/aromatic N) is 2. The van der Waals surface area contributed by atoms with Crippen LogP contribution in [0.5, 0.6) is 0 Å². The minimum atomic E-state index is 0.369. The molecule has 0 amide bonds. The molecule has 3 aromatic rings. The third-order valence-electron chi connectivity index (χ3n) is 3.85. The molecule has 2 aromatic heterocycles. The van der Waals surface area contributed by atoms with E-state index in [4.69, 9.17) is 4.74 Å². The van der Waals surface area contributed by atoms with Crippen molar-refractivity contribution in [1.29, 1.82) is 0 Å². The van der Waals surface area contributed by atoms with E-state index in [1.807, 2.05) is 6.07 Å². The molecule has 0 bridgehead atoms. The third-order valence-corrected chi connectivity index (χ3v) is 5.86. The van der Waals surface area contributed by atoms with E-state index in [2.05, 4.69) is 39.6 Å². The SMILES string of the molecule is c1ccc(-c2csc3ncnc(SC[C@@H]4CCCO4)c23)cc1. The summed E-state index contributed by atoms with van der Waals surface area (Å²) in [7, 11) is 0. The van der Waals surface area contributed by atoms with Gasteiger partial charge in [-0.2, -0.15) is 0 Å². The van der Waals surface area contributed by atoms with E-state index in [1.165, 1.54) is 22.9 Å². The van der Waals surface area contributed by atoms with E-state index in [1.54, 1.807) is 29.4 Å². The van der Waals surface area contributed by atoms with Crippen molar-refractivity contribution in [2.75, 3.05) is 12.4 Å². The predicted molar refractivity (Wildman–Crippen MR) is 92.5 cm³/mol. The van der Waals surface area contributed by atoms with Crippen molar-refractivity contribution in [3.8, 4) is 11.1 Å². The monoisotopic (exact) mass is 328 g/mol. The fourth-order valence-corrected chi connectivity index (χ4v) is 4.79. The molecule has 3 nitrogen and oxygen atoms in total. The van der Waals surface area contributed by atoms with E-state index in [-0.39, 0.29) is 0 Å². The second-order valence-electron chi connectivity index (χ2n) is 5.32. The molecule has 112 valence electrons. The summed E-state index contributed by atoms with van der Waals surface area (Å²) in [6.45, 7) is 0.901. The number of fused-ring (bicyclic) bond motifs is 1. The van der Waals surface area contributed by atoms with Gasteiger partial charge < -0.3 is 4.74 Å². The molecule has 0 N–H and O–H groups in total. The van der Waals surface area contributed by atoms with Gasteiger partial charge in [0.05, 0.1) is 11.5 Å². The summed E-state index contributed by atoms with van der Waals surface area (Å²) in [5, 5.41) is 4.44. The number of hydrogen-bond donors (Lipinski definition) is 0. The lowest BCUT2D eigenvalue weighted by Crippen LogP contribution is -2.08. The molecule has 1 aliphatic heterocycles. The number of thioether (sulfide) groups is 1. The molecular weight excluding hydrogens is 312 g/mol. The molecule has 0 radical (unpaired) electrons. The van der Waals surface area contributed by atoms with Gasteiger partial charge in [-0.3, -0.25) is 0 Å². The first-order chi connectivity index (χ1) is 10.9. The molecule has 4 rings (SSSR count). The van der Waals surface area contributed by atoms with Crippen LogP contribution in [0.4, 0.5) is 0 Å². The second-order valence-corrected chi connectivity index (χ2v) is 7.19. The van der Waals surface area contributed by atoms with Crippen LogP contribution in [0.15, 0.2) is 47.1 Å². The van der Waals surface area contributed by atoms with Crippen molar-refractivity contribution in [3.63, 3.8) is 0 Å². The average Bonchev–Trinajstić information content (AvgIpc) is 3.23. The number of benzene rings is 1. The van der Waals surface area contributed by atoms with Gasteiger partial charge in [-0.05, 0) is 18.4 Å². The van der Waals surface area contributed by atoms with Crippen LogP contribution < -0.4 is 0 Å². The lowest BCUT2D eigenvalue weighted by molar-refractivity contribution is 0.129. The summed E-state index contributed by atoms with van der Waals surface area (Å²) in [6.07, 6.45) is 4.38. The largest absolute Gasteiger partial charge is 0.377 e. The predicted octanol–water partition coefficient (Wildman–Crippen LogP) is 4.63. The second kappa shape index (κ2) is 6.36. The molecule has 0 unspecified atom stereocenters. The first kappa shape index (κ1) is 14.2. The van der Waals surface area contributed by atoms with Gasteiger partial charge in [0.15, 0.2) is 0 Å². The number of hydrogen-bond acceptors (Lipinski definition) is 5. The van der Waals surface area contributed by atoms with Crippen molar-refractivity contribution >= 4 is 33.3 Å². The summed E-state index contributed by atoms with van der Waals surface area (Å²) in [6, 6.07) is 10.5.